The average Bonchev–Trinajstić information content (AvgIpc) is 3.58. The lowest BCUT2D eigenvalue weighted by Gasteiger charge is -2.23. The third kappa shape index (κ3) is 3.72. The van der Waals surface area contributed by atoms with Gasteiger partial charge in [0.1, 0.15) is 11.4 Å². The van der Waals surface area contributed by atoms with E-state index in [0.29, 0.717) is 12.4 Å². The van der Waals surface area contributed by atoms with E-state index in [1.54, 1.807) is 0 Å². The predicted octanol–water partition coefficient (Wildman–Crippen LogP) is 4.78. The van der Waals surface area contributed by atoms with Crippen LogP contribution >= 0.6 is 0 Å². The number of amidine groups is 1. The number of nitrogens with zero attached hydrogens (tertiary/aromatic N) is 5. The van der Waals surface area contributed by atoms with Gasteiger partial charge in [-0.3, -0.25) is 14.7 Å². The lowest BCUT2D eigenvalue weighted by molar-refractivity contribution is -0.131. The van der Waals surface area contributed by atoms with Crippen LogP contribution in [-0.4, -0.2) is 42.8 Å². The van der Waals surface area contributed by atoms with Gasteiger partial charge in [-0.15, -0.1) is 10.2 Å². The molecule has 5 rings (SSSR count). The van der Waals surface area contributed by atoms with Crippen LogP contribution in [0.1, 0.15) is 57.4 Å². The minimum absolute atomic E-state index is 0.202. The van der Waals surface area contributed by atoms with Crippen LogP contribution < -0.4 is 0 Å². The topological polar surface area (TPSA) is 87.1 Å². The zero-order chi connectivity index (χ0) is 22.0. The van der Waals surface area contributed by atoms with Crippen LogP contribution in [-0.2, 0) is 11.3 Å². The third-order valence-electron chi connectivity index (χ3n) is 6.60. The standard InChI is InChI=1S/C25H28N6O/c1-2-3-10-22-26-25(15-6-7-16-25)24(32)31(22)17-18-11-13-19(14-12-18)20-8-4-5-9-21(20)23-27-29-30-28-23/h4-5,8-9,11-14H,2-3,6-7,10,15-17H2,1H3,(H,27,28,29,30)/i1+1,2+1,3+1,10+1,22+1. The van der Waals surface area contributed by atoms with Crippen molar-refractivity contribution in [3.8, 4) is 22.5 Å². The fourth-order valence-corrected chi connectivity index (χ4v) is 4.88. The van der Waals surface area contributed by atoms with Crippen LogP contribution in [0.2, 0.25) is 0 Å². The van der Waals surface area contributed by atoms with Crippen LogP contribution in [0.15, 0.2) is 53.5 Å². The molecule has 1 aliphatic carbocycles. The molecule has 2 aliphatic rings. The maximum absolute atomic E-state index is 13.4. The van der Waals surface area contributed by atoms with Gasteiger partial charge in [0.15, 0.2) is 0 Å². The molecule has 0 saturated heterocycles. The first-order chi connectivity index (χ1) is 15.7. The Hall–Kier alpha value is -3.35. The van der Waals surface area contributed by atoms with Gasteiger partial charge in [0.2, 0.25) is 5.82 Å². The van der Waals surface area contributed by atoms with Crippen molar-refractivity contribution in [3.63, 3.8) is 0 Å². The molecular weight excluding hydrogens is 405 g/mol. The SMILES string of the molecule is [13CH3][13CH2][13CH2][13CH2][13C]1=NC2(CCCC2)C(=O)N1Cc1ccc(-c2ccccc2-c2nn[nH]n2)cc1. The quantitative estimate of drug-likeness (QED) is 0.544. The molecule has 1 saturated carbocycles. The van der Waals surface area contributed by atoms with E-state index in [1.165, 1.54) is 0 Å². The molecule has 1 aliphatic heterocycles. The summed E-state index contributed by atoms with van der Waals surface area (Å²) >= 11 is 0. The largest absolute Gasteiger partial charge is 0.294 e. The zero-order valence-electron chi connectivity index (χ0n) is 18.4. The Morgan fingerprint density at radius 3 is 2.47 bits per heavy atom. The second-order valence-electron chi connectivity index (χ2n) is 8.74. The van der Waals surface area contributed by atoms with Gasteiger partial charge in [0, 0.05) is 12.0 Å². The van der Waals surface area contributed by atoms with E-state index in [9.17, 15) is 4.79 Å². The maximum atomic E-state index is 13.4. The number of tetrazole rings is 1. The molecule has 1 aromatic heterocycles. The Morgan fingerprint density at radius 1 is 1.03 bits per heavy atom. The molecule has 1 spiro atoms. The number of carbonyl (C=O) groups is 1. The fraction of sp³-hybridized carbons (Fsp3) is 0.400. The van der Waals surface area contributed by atoms with E-state index in [-0.39, 0.29) is 5.91 Å². The molecule has 32 heavy (non-hydrogen) atoms. The van der Waals surface area contributed by atoms with Crippen molar-refractivity contribution >= 4 is 11.7 Å². The number of aromatic nitrogens is 4. The molecule has 2 aromatic carbocycles. The smallest absolute Gasteiger partial charge is 0.256 e. The molecule has 2 heterocycles. The first kappa shape index (κ1) is 20.5. The highest BCUT2D eigenvalue weighted by molar-refractivity contribution is 6.08. The Bertz CT molecular complexity index is 1110. The average molecular weight is 434 g/mol. The summed E-state index contributed by atoms with van der Waals surface area (Å²) in [4.78, 5) is 20.3. The van der Waals surface area contributed by atoms with Gasteiger partial charge in [-0.2, -0.15) is 5.21 Å². The first-order valence-electron chi connectivity index (χ1n) is 11.5. The zero-order valence-corrected chi connectivity index (χ0v) is 18.4. The van der Waals surface area contributed by atoms with Gasteiger partial charge in [-0.05, 0) is 41.2 Å². The molecule has 1 fully saturated rings. The van der Waals surface area contributed by atoms with Crippen molar-refractivity contribution in [2.24, 2.45) is 4.99 Å². The number of H-pyrrole nitrogens is 1. The summed E-state index contributed by atoms with van der Waals surface area (Å²) in [5.41, 5.74) is 3.69. The number of rotatable bonds is 7. The number of nitrogens with one attached hydrogen (secondary N) is 1. The van der Waals surface area contributed by atoms with Crippen molar-refractivity contribution in [3.05, 3.63) is 54.1 Å². The summed E-state index contributed by atoms with van der Waals surface area (Å²) in [6.07, 6.45) is 7.01. The predicted molar refractivity (Wildman–Crippen MR) is 124 cm³/mol. The number of aliphatic imine (C=N–C) groups is 1. The molecule has 1 amide bonds. The number of unbranched alkanes of at least 4 members (excludes halogenated alkanes) is 1. The minimum atomic E-state index is -0.480. The van der Waals surface area contributed by atoms with Gasteiger partial charge < -0.3 is 0 Å². The van der Waals surface area contributed by atoms with E-state index in [1.807, 2.05) is 23.1 Å². The van der Waals surface area contributed by atoms with Crippen molar-refractivity contribution in [1.82, 2.24) is 25.5 Å². The number of carbonyl (C=O) groups excluding carboxylic acids is 1. The van der Waals surface area contributed by atoms with Gasteiger partial charge >= 0.3 is 0 Å². The molecule has 1 N–H and O–H groups in total. The van der Waals surface area contributed by atoms with Gasteiger partial charge in [-0.25, -0.2) is 0 Å². The van der Waals surface area contributed by atoms with Crippen molar-refractivity contribution < 1.29 is 4.79 Å². The molecular formula is C25H28N6O. The number of amides is 1. The van der Waals surface area contributed by atoms with Crippen LogP contribution in [0.5, 0.6) is 0 Å². The Morgan fingerprint density at radius 2 is 1.78 bits per heavy atom. The van der Waals surface area contributed by atoms with Crippen molar-refractivity contribution in [2.45, 2.75) is 64.0 Å². The van der Waals surface area contributed by atoms with Crippen molar-refractivity contribution in [1.29, 1.82) is 0 Å². The van der Waals surface area contributed by atoms with Crippen LogP contribution in [0, 0.1) is 0 Å². The number of hydrogen-bond acceptors (Lipinski definition) is 5. The summed E-state index contributed by atoms with van der Waals surface area (Å²) in [7, 11) is 0. The maximum Gasteiger partial charge on any atom is 0.256 e. The fourth-order valence-electron chi connectivity index (χ4n) is 4.88. The van der Waals surface area contributed by atoms with Crippen molar-refractivity contribution in [2.75, 3.05) is 0 Å². The second-order valence-corrected chi connectivity index (χ2v) is 8.74. The third-order valence-corrected chi connectivity index (χ3v) is 6.60. The van der Waals surface area contributed by atoms with Crippen LogP contribution in [0.3, 0.4) is 0 Å². The molecule has 7 nitrogen and oxygen atoms in total. The van der Waals surface area contributed by atoms with Crippen LogP contribution in [0.4, 0.5) is 0 Å². The van der Waals surface area contributed by atoms with E-state index in [2.05, 4.69) is 57.9 Å². The summed E-state index contributed by atoms with van der Waals surface area (Å²) in [6.45, 7) is 2.76. The van der Waals surface area contributed by atoms with Gasteiger partial charge in [-0.1, -0.05) is 74.7 Å². The van der Waals surface area contributed by atoms with Gasteiger partial charge in [0.05, 0.1) is 6.54 Å². The lowest BCUT2D eigenvalue weighted by atomic mass is 9.97. The number of hydrogen-bond donors (Lipinski definition) is 1. The summed E-state index contributed by atoms with van der Waals surface area (Å²) < 4.78 is 0. The number of aromatic amines is 1. The van der Waals surface area contributed by atoms with E-state index in [0.717, 1.165) is 73.0 Å². The molecule has 164 valence electrons. The Balaban J connectivity index is 1.38. The minimum Gasteiger partial charge on any atom is -0.294 e. The molecule has 0 unspecified atom stereocenters. The Labute approximate surface area is 188 Å². The lowest BCUT2D eigenvalue weighted by Crippen LogP contribution is -2.40. The first-order valence-corrected chi connectivity index (χ1v) is 11.5. The molecule has 0 atom stereocenters. The molecule has 0 bridgehead atoms. The monoisotopic (exact) mass is 433 g/mol. The summed E-state index contributed by atoms with van der Waals surface area (Å²) in [6, 6.07) is 16.4. The summed E-state index contributed by atoms with van der Waals surface area (Å²) in [5.74, 6) is 1.75. The summed E-state index contributed by atoms with van der Waals surface area (Å²) in [5, 5.41) is 14.5. The van der Waals surface area contributed by atoms with E-state index in [4.69, 9.17) is 4.99 Å². The second kappa shape index (κ2) is 8.65. The molecule has 0 radical (unpaired) electrons. The number of benzene rings is 2. The highest BCUT2D eigenvalue weighted by atomic mass is 16.2. The Kier molecular flexibility index (Phi) is 5.55. The van der Waals surface area contributed by atoms with Gasteiger partial charge in [0.25, 0.3) is 5.91 Å². The van der Waals surface area contributed by atoms with E-state index < -0.39 is 5.54 Å². The van der Waals surface area contributed by atoms with Crippen LogP contribution in [0.25, 0.3) is 22.5 Å². The highest BCUT2D eigenvalue weighted by Gasteiger charge is 2.49. The normalized spacial score (nSPS) is 17.3. The molecule has 7 heteroatoms. The molecule has 3 aromatic rings. The highest BCUT2D eigenvalue weighted by Crippen LogP contribution is 2.40. The van der Waals surface area contributed by atoms with E-state index >= 15 is 0 Å².